The lowest BCUT2D eigenvalue weighted by Gasteiger charge is -2.07. The number of ether oxygens (including phenoxy) is 1. The highest BCUT2D eigenvalue weighted by Crippen LogP contribution is 2.24. The van der Waals surface area contributed by atoms with Crippen LogP contribution in [0.4, 0.5) is 5.69 Å². The quantitative estimate of drug-likeness (QED) is 0.465. The largest absolute Gasteiger partial charge is 0.436 e. The monoisotopic (exact) mass is 435 g/mol. The van der Waals surface area contributed by atoms with Crippen LogP contribution in [0.15, 0.2) is 64.5 Å². The van der Waals surface area contributed by atoms with Crippen molar-refractivity contribution in [3.8, 4) is 11.6 Å². The molecule has 31 heavy (non-hydrogen) atoms. The third kappa shape index (κ3) is 4.61. The predicted octanol–water partition coefficient (Wildman–Crippen LogP) is 3.66. The Morgan fingerprint density at radius 3 is 2.68 bits per heavy atom. The maximum atomic E-state index is 12.7. The van der Waals surface area contributed by atoms with Crippen LogP contribution in [-0.2, 0) is 11.3 Å². The van der Waals surface area contributed by atoms with E-state index in [1.807, 2.05) is 56.5 Å². The first-order valence-corrected chi connectivity index (χ1v) is 10.8. The molecule has 0 radical (unpaired) electrons. The van der Waals surface area contributed by atoms with Gasteiger partial charge in [0.1, 0.15) is 12.3 Å². The average molecular weight is 436 g/mol. The Labute approximate surface area is 182 Å². The zero-order valence-corrected chi connectivity index (χ0v) is 18.1. The molecule has 2 aromatic heterocycles. The van der Waals surface area contributed by atoms with Crippen LogP contribution < -0.4 is 15.7 Å². The number of rotatable bonds is 6. The van der Waals surface area contributed by atoms with Gasteiger partial charge in [0, 0.05) is 23.0 Å². The molecule has 9 heteroatoms. The first-order chi connectivity index (χ1) is 14.9. The van der Waals surface area contributed by atoms with Crippen molar-refractivity contribution in [2.75, 3.05) is 11.6 Å². The van der Waals surface area contributed by atoms with Gasteiger partial charge in [0.25, 0.3) is 5.88 Å². The Morgan fingerprint density at radius 2 is 1.94 bits per heavy atom. The normalized spacial score (nSPS) is 10.9. The van der Waals surface area contributed by atoms with Gasteiger partial charge in [-0.15, -0.1) is 16.9 Å². The van der Waals surface area contributed by atoms with Crippen LogP contribution in [0.25, 0.3) is 5.65 Å². The third-order valence-corrected chi connectivity index (χ3v) is 5.25. The van der Waals surface area contributed by atoms with Gasteiger partial charge in [-0.25, -0.2) is 18.9 Å². The number of carbonyl (C=O) groups is 1. The van der Waals surface area contributed by atoms with Crippen LogP contribution in [-0.4, -0.2) is 31.3 Å². The van der Waals surface area contributed by atoms with Gasteiger partial charge in [-0.05, 0) is 61.6 Å². The predicted molar refractivity (Wildman–Crippen MR) is 120 cm³/mol. The lowest BCUT2D eigenvalue weighted by atomic mass is 10.1. The number of fused-ring (bicyclic) bond motifs is 1. The number of aromatic nitrogens is 4. The number of nitrogens with one attached hydrogen (secondary N) is 1. The fraction of sp³-hybridized carbons (Fsp3) is 0.182. The number of anilines is 1. The van der Waals surface area contributed by atoms with Crippen molar-refractivity contribution in [1.82, 2.24) is 19.2 Å². The van der Waals surface area contributed by atoms with Crippen molar-refractivity contribution < 1.29 is 9.53 Å². The summed E-state index contributed by atoms with van der Waals surface area (Å²) in [7, 11) is 0. The zero-order valence-electron chi connectivity index (χ0n) is 17.3. The van der Waals surface area contributed by atoms with Crippen LogP contribution in [0, 0.1) is 13.8 Å². The molecule has 0 aliphatic rings. The molecular formula is C22H21N5O3S. The van der Waals surface area contributed by atoms with E-state index < -0.39 is 5.69 Å². The van der Waals surface area contributed by atoms with Crippen molar-refractivity contribution in [2.24, 2.45) is 0 Å². The Morgan fingerprint density at radius 1 is 1.16 bits per heavy atom. The average Bonchev–Trinajstić information content (AvgIpc) is 3.04. The van der Waals surface area contributed by atoms with Gasteiger partial charge in [0.2, 0.25) is 11.6 Å². The lowest BCUT2D eigenvalue weighted by Crippen LogP contribution is -2.28. The highest BCUT2D eigenvalue weighted by atomic mass is 32.2. The Hall–Kier alpha value is -3.59. The minimum absolute atomic E-state index is 0.191. The Balaban J connectivity index is 1.59. The fourth-order valence-corrected chi connectivity index (χ4v) is 3.70. The molecule has 2 heterocycles. The molecule has 1 amide bonds. The molecule has 0 aliphatic carbocycles. The summed E-state index contributed by atoms with van der Waals surface area (Å²) in [5.41, 5.74) is 2.55. The Bertz CT molecular complexity index is 1310. The number of carbonyl (C=O) groups excluding carboxylic acids is 1. The van der Waals surface area contributed by atoms with Crippen molar-refractivity contribution in [2.45, 2.75) is 25.3 Å². The van der Waals surface area contributed by atoms with E-state index in [9.17, 15) is 9.59 Å². The summed E-state index contributed by atoms with van der Waals surface area (Å²) in [5.74, 6) is 0.441. The Kier molecular flexibility index (Phi) is 5.77. The van der Waals surface area contributed by atoms with Gasteiger partial charge in [-0.1, -0.05) is 12.1 Å². The van der Waals surface area contributed by atoms with E-state index in [0.717, 1.165) is 20.7 Å². The molecule has 4 aromatic rings. The highest BCUT2D eigenvalue weighted by Gasteiger charge is 2.16. The smallest absolute Gasteiger partial charge is 0.351 e. The van der Waals surface area contributed by atoms with E-state index in [0.29, 0.717) is 11.4 Å². The van der Waals surface area contributed by atoms with Gasteiger partial charge in [0.15, 0.2) is 0 Å². The van der Waals surface area contributed by atoms with Gasteiger partial charge in [0.05, 0.1) is 0 Å². The molecule has 4 rings (SSSR count). The molecule has 0 saturated carbocycles. The molecule has 1 N–H and O–H groups in total. The molecule has 0 saturated heterocycles. The van der Waals surface area contributed by atoms with Crippen LogP contribution in [0.3, 0.4) is 0 Å². The van der Waals surface area contributed by atoms with E-state index in [1.54, 1.807) is 17.8 Å². The third-order valence-electron chi connectivity index (χ3n) is 4.53. The SMILES string of the molecule is CSc1cccc(NC(=O)Cn2nc3c(Oc4cc(C)cc(C)c4)nccn3c2=O)c1. The minimum Gasteiger partial charge on any atom is -0.436 e. The molecule has 0 fully saturated rings. The molecule has 0 bridgehead atoms. The summed E-state index contributed by atoms with van der Waals surface area (Å²) in [4.78, 5) is 30.5. The number of amides is 1. The molecule has 0 spiro atoms. The highest BCUT2D eigenvalue weighted by molar-refractivity contribution is 7.98. The van der Waals surface area contributed by atoms with Crippen molar-refractivity contribution in [3.63, 3.8) is 0 Å². The van der Waals surface area contributed by atoms with Crippen LogP contribution >= 0.6 is 11.8 Å². The molecule has 158 valence electrons. The summed E-state index contributed by atoms with van der Waals surface area (Å²) in [6, 6.07) is 13.3. The number of hydrogen-bond acceptors (Lipinski definition) is 6. The number of nitrogens with zero attached hydrogens (tertiary/aromatic N) is 4. The van der Waals surface area contributed by atoms with Crippen molar-refractivity contribution in [3.05, 3.63) is 76.5 Å². The van der Waals surface area contributed by atoms with Crippen molar-refractivity contribution in [1.29, 1.82) is 0 Å². The van der Waals surface area contributed by atoms with Crippen LogP contribution in [0.1, 0.15) is 11.1 Å². The second kappa shape index (κ2) is 8.65. The van der Waals surface area contributed by atoms with E-state index in [2.05, 4.69) is 15.4 Å². The second-order valence-electron chi connectivity index (χ2n) is 7.07. The molecule has 2 aromatic carbocycles. The summed E-state index contributed by atoms with van der Waals surface area (Å²) in [6.07, 6.45) is 4.92. The van der Waals surface area contributed by atoms with Gasteiger partial charge >= 0.3 is 5.69 Å². The molecule has 0 unspecified atom stereocenters. The number of thioether (sulfide) groups is 1. The molecule has 8 nitrogen and oxygen atoms in total. The molecule has 0 aliphatic heterocycles. The topological polar surface area (TPSA) is 90.5 Å². The second-order valence-corrected chi connectivity index (χ2v) is 7.95. The zero-order chi connectivity index (χ0) is 22.0. The number of aryl methyl sites for hydroxylation is 2. The first-order valence-electron chi connectivity index (χ1n) is 9.57. The summed E-state index contributed by atoms with van der Waals surface area (Å²) < 4.78 is 8.31. The van der Waals surface area contributed by atoms with Gasteiger partial charge in [-0.2, -0.15) is 0 Å². The van der Waals surface area contributed by atoms with Crippen molar-refractivity contribution >= 4 is 29.0 Å². The lowest BCUT2D eigenvalue weighted by molar-refractivity contribution is -0.117. The summed E-state index contributed by atoms with van der Waals surface area (Å²) in [6.45, 7) is 3.72. The van der Waals surface area contributed by atoms with Gasteiger partial charge < -0.3 is 10.1 Å². The van der Waals surface area contributed by atoms with Crippen LogP contribution in [0.2, 0.25) is 0 Å². The maximum Gasteiger partial charge on any atom is 0.351 e. The van der Waals surface area contributed by atoms with Crippen LogP contribution in [0.5, 0.6) is 11.6 Å². The molecular weight excluding hydrogens is 414 g/mol. The standard InChI is InChI=1S/C22H21N5O3S/c1-14-9-15(2)11-17(10-14)30-21-20-25-27(22(29)26(20)8-7-23-21)13-19(28)24-16-5-4-6-18(12-16)31-3/h4-12H,13H2,1-3H3,(H,24,28). The summed E-state index contributed by atoms with van der Waals surface area (Å²) in [5, 5.41) is 7.08. The van der Waals surface area contributed by atoms with E-state index >= 15 is 0 Å². The maximum absolute atomic E-state index is 12.7. The fourth-order valence-electron chi connectivity index (χ4n) is 3.24. The minimum atomic E-state index is -0.448. The number of hydrogen-bond donors (Lipinski definition) is 1. The number of benzene rings is 2. The molecule has 0 atom stereocenters. The first kappa shape index (κ1) is 20.7. The van der Waals surface area contributed by atoms with E-state index in [1.165, 1.54) is 16.8 Å². The van der Waals surface area contributed by atoms with E-state index in [4.69, 9.17) is 4.74 Å². The van der Waals surface area contributed by atoms with E-state index in [-0.39, 0.29) is 24.0 Å². The summed E-state index contributed by atoms with van der Waals surface area (Å²) >= 11 is 1.58. The van der Waals surface area contributed by atoms with Gasteiger partial charge in [-0.3, -0.25) is 4.79 Å².